The molecule has 0 aliphatic heterocycles. The highest BCUT2D eigenvalue weighted by atomic mass is 16.3. The first-order chi connectivity index (χ1) is 24.5. The lowest BCUT2D eigenvalue weighted by Gasteiger charge is -2.19. The molecule has 0 radical (unpaired) electrons. The highest BCUT2D eigenvalue weighted by Crippen LogP contribution is 2.48. The van der Waals surface area contributed by atoms with Gasteiger partial charge in [0.1, 0.15) is 22.5 Å². The van der Waals surface area contributed by atoms with Gasteiger partial charge in [0.15, 0.2) is 0 Å². The SMILES string of the molecule is CC(C)(C)c1oc2ccccc2c1-c1cccc(-c2c3ccccc3c(-c3cccc4c3oc3c5ccccc5ccc43)c3ccccc23)c1. The van der Waals surface area contributed by atoms with Crippen molar-refractivity contribution < 1.29 is 8.83 Å². The van der Waals surface area contributed by atoms with Gasteiger partial charge in [-0.1, -0.05) is 154 Å². The van der Waals surface area contributed by atoms with Crippen molar-refractivity contribution in [3.8, 4) is 33.4 Å². The van der Waals surface area contributed by atoms with Crippen molar-refractivity contribution in [2.75, 3.05) is 0 Å². The summed E-state index contributed by atoms with van der Waals surface area (Å²) in [5, 5.41) is 10.6. The van der Waals surface area contributed by atoms with E-state index in [2.05, 4.69) is 166 Å². The maximum atomic E-state index is 6.89. The molecule has 50 heavy (non-hydrogen) atoms. The highest BCUT2D eigenvalue weighted by molar-refractivity contribution is 6.25. The second-order valence-electron chi connectivity index (χ2n) is 14.4. The third kappa shape index (κ3) is 4.21. The fourth-order valence-corrected chi connectivity index (χ4v) is 8.14. The van der Waals surface area contributed by atoms with Crippen molar-refractivity contribution in [3.05, 3.63) is 157 Å². The molecule has 0 fully saturated rings. The van der Waals surface area contributed by atoms with Crippen molar-refractivity contribution >= 4 is 65.2 Å². The fraction of sp³-hybridized carbons (Fsp3) is 0.0833. The normalized spacial score (nSPS) is 12.3. The Hall–Kier alpha value is -6.12. The largest absolute Gasteiger partial charge is 0.460 e. The molecule has 0 saturated carbocycles. The van der Waals surface area contributed by atoms with Crippen molar-refractivity contribution in [1.29, 1.82) is 0 Å². The van der Waals surface area contributed by atoms with E-state index in [1.165, 1.54) is 49.2 Å². The Kier molecular flexibility index (Phi) is 6.17. The van der Waals surface area contributed by atoms with Crippen LogP contribution >= 0.6 is 0 Å². The number of furan rings is 2. The van der Waals surface area contributed by atoms with E-state index in [9.17, 15) is 0 Å². The molecule has 0 amide bonds. The van der Waals surface area contributed by atoms with Gasteiger partial charge in [0.25, 0.3) is 0 Å². The maximum absolute atomic E-state index is 6.89. The Morgan fingerprint density at radius 1 is 0.380 bits per heavy atom. The summed E-state index contributed by atoms with van der Waals surface area (Å²) in [5.41, 5.74) is 9.67. The van der Waals surface area contributed by atoms with Crippen LogP contribution in [0.25, 0.3) is 98.6 Å². The molecule has 2 aromatic heterocycles. The molecule has 0 spiro atoms. The van der Waals surface area contributed by atoms with Gasteiger partial charge in [-0.15, -0.1) is 0 Å². The third-order valence-corrected chi connectivity index (χ3v) is 10.3. The van der Waals surface area contributed by atoms with E-state index in [0.717, 1.165) is 55.2 Å². The van der Waals surface area contributed by atoms with Crippen LogP contribution in [0.1, 0.15) is 26.5 Å². The van der Waals surface area contributed by atoms with Gasteiger partial charge in [-0.05, 0) is 61.8 Å². The maximum Gasteiger partial charge on any atom is 0.143 e. The van der Waals surface area contributed by atoms with E-state index in [-0.39, 0.29) is 5.41 Å². The quantitative estimate of drug-likeness (QED) is 0.179. The number of hydrogen-bond acceptors (Lipinski definition) is 2. The van der Waals surface area contributed by atoms with Gasteiger partial charge in [0.2, 0.25) is 0 Å². The number of fused-ring (bicyclic) bond motifs is 8. The van der Waals surface area contributed by atoms with Crippen LogP contribution in [0, 0.1) is 0 Å². The number of para-hydroxylation sites is 2. The topological polar surface area (TPSA) is 26.3 Å². The summed E-state index contributed by atoms with van der Waals surface area (Å²) in [7, 11) is 0. The van der Waals surface area contributed by atoms with Gasteiger partial charge in [-0.2, -0.15) is 0 Å². The highest BCUT2D eigenvalue weighted by Gasteiger charge is 2.27. The van der Waals surface area contributed by atoms with Crippen LogP contribution in [0.4, 0.5) is 0 Å². The summed E-state index contributed by atoms with van der Waals surface area (Å²) in [6.45, 7) is 6.68. The predicted octanol–water partition coefficient (Wildman–Crippen LogP) is 14.1. The molecule has 10 aromatic rings. The van der Waals surface area contributed by atoms with Gasteiger partial charge < -0.3 is 8.83 Å². The average molecular weight is 643 g/mol. The van der Waals surface area contributed by atoms with Crippen LogP contribution in [0.3, 0.4) is 0 Å². The van der Waals surface area contributed by atoms with Crippen molar-refractivity contribution in [2.24, 2.45) is 0 Å². The Balaban J connectivity index is 1.26. The molecule has 0 saturated heterocycles. The number of benzene rings is 8. The first kappa shape index (κ1) is 28.9. The summed E-state index contributed by atoms with van der Waals surface area (Å²) in [6, 6.07) is 54.6. The van der Waals surface area contributed by atoms with E-state index in [4.69, 9.17) is 8.83 Å². The molecular formula is C48H34O2. The summed E-state index contributed by atoms with van der Waals surface area (Å²) in [5.74, 6) is 1.01. The Labute approximate surface area is 290 Å². The van der Waals surface area contributed by atoms with Crippen LogP contribution in [0.5, 0.6) is 0 Å². The summed E-state index contributed by atoms with van der Waals surface area (Å²) < 4.78 is 13.4. The third-order valence-electron chi connectivity index (χ3n) is 10.3. The Morgan fingerprint density at radius 3 is 1.62 bits per heavy atom. The van der Waals surface area contributed by atoms with Crippen LogP contribution in [0.15, 0.2) is 160 Å². The molecule has 0 bridgehead atoms. The van der Waals surface area contributed by atoms with Gasteiger partial charge in [0, 0.05) is 43.7 Å². The molecule has 2 heteroatoms. The van der Waals surface area contributed by atoms with Gasteiger partial charge in [-0.3, -0.25) is 0 Å². The monoisotopic (exact) mass is 642 g/mol. The Morgan fingerprint density at radius 2 is 0.920 bits per heavy atom. The Bertz CT molecular complexity index is 2910. The molecule has 0 N–H and O–H groups in total. The van der Waals surface area contributed by atoms with E-state index < -0.39 is 0 Å². The van der Waals surface area contributed by atoms with Gasteiger partial charge >= 0.3 is 0 Å². The lowest BCUT2D eigenvalue weighted by Crippen LogP contribution is -2.11. The van der Waals surface area contributed by atoms with Crippen LogP contribution < -0.4 is 0 Å². The zero-order valence-corrected chi connectivity index (χ0v) is 28.3. The van der Waals surface area contributed by atoms with E-state index in [1.807, 2.05) is 6.07 Å². The van der Waals surface area contributed by atoms with Gasteiger partial charge in [-0.25, -0.2) is 0 Å². The second-order valence-corrected chi connectivity index (χ2v) is 14.4. The van der Waals surface area contributed by atoms with Crippen LogP contribution in [-0.2, 0) is 5.41 Å². The van der Waals surface area contributed by atoms with Crippen molar-refractivity contribution in [3.63, 3.8) is 0 Å². The lowest BCUT2D eigenvalue weighted by atomic mass is 9.84. The standard InChI is InChI=1S/C48H34O2/c1-48(2,3)47-43(39-22-10-11-25-41(39)49-47)31-16-12-15-30(28-31)42-33-18-6-8-20-35(33)44(36-21-9-7-19-34(36)42)40-24-13-23-37-38-27-26-29-14-4-5-17-32(29)45(38)50-46(37)40/h4-28H,1-3H3. The lowest BCUT2D eigenvalue weighted by molar-refractivity contribution is 0.432. The number of hydrogen-bond donors (Lipinski definition) is 0. The minimum Gasteiger partial charge on any atom is -0.460 e. The fourth-order valence-electron chi connectivity index (χ4n) is 8.14. The molecule has 0 aliphatic carbocycles. The summed E-state index contributed by atoms with van der Waals surface area (Å²) in [4.78, 5) is 0. The van der Waals surface area contributed by atoms with Crippen molar-refractivity contribution in [1.82, 2.24) is 0 Å². The van der Waals surface area contributed by atoms with Gasteiger partial charge in [0.05, 0.1) is 0 Å². The zero-order chi connectivity index (χ0) is 33.6. The molecule has 238 valence electrons. The first-order valence-electron chi connectivity index (χ1n) is 17.4. The van der Waals surface area contributed by atoms with Crippen molar-refractivity contribution in [2.45, 2.75) is 26.2 Å². The molecule has 8 aromatic carbocycles. The second kappa shape index (κ2) is 10.7. The van der Waals surface area contributed by atoms with E-state index in [0.29, 0.717) is 0 Å². The molecule has 0 aliphatic rings. The van der Waals surface area contributed by atoms with Crippen LogP contribution in [-0.4, -0.2) is 0 Å². The minimum absolute atomic E-state index is 0.157. The zero-order valence-electron chi connectivity index (χ0n) is 28.3. The molecule has 2 heterocycles. The first-order valence-corrected chi connectivity index (χ1v) is 17.4. The molecular weight excluding hydrogens is 609 g/mol. The van der Waals surface area contributed by atoms with E-state index in [1.54, 1.807) is 0 Å². The minimum atomic E-state index is -0.157. The average Bonchev–Trinajstić information content (AvgIpc) is 3.74. The molecule has 0 atom stereocenters. The predicted molar refractivity (Wildman–Crippen MR) is 211 cm³/mol. The molecule has 2 nitrogen and oxygen atoms in total. The molecule has 10 rings (SSSR count). The van der Waals surface area contributed by atoms with Crippen LogP contribution in [0.2, 0.25) is 0 Å². The van der Waals surface area contributed by atoms with E-state index >= 15 is 0 Å². The molecule has 0 unspecified atom stereocenters. The smallest absolute Gasteiger partial charge is 0.143 e. The summed E-state index contributed by atoms with van der Waals surface area (Å²) >= 11 is 0. The summed E-state index contributed by atoms with van der Waals surface area (Å²) in [6.07, 6.45) is 0. The number of rotatable bonds is 3.